The van der Waals surface area contributed by atoms with Gasteiger partial charge in [-0.15, -0.1) is 0 Å². The van der Waals surface area contributed by atoms with Crippen molar-refractivity contribution in [2.45, 2.75) is 18.4 Å². The summed E-state index contributed by atoms with van der Waals surface area (Å²) in [4.78, 5) is 2.91. The number of ether oxygens (including phenoxy) is 1. The summed E-state index contributed by atoms with van der Waals surface area (Å²) in [5.74, 6) is 0.351. The molecule has 2 rings (SSSR count). The number of aromatic amines is 1. The van der Waals surface area contributed by atoms with Gasteiger partial charge in [-0.1, -0.05) is 11.6 Å². The summed E-state index contributed by atoms with van der Waals surface area (Å²) >= 11 is 6.00. The Labute approximate surface area is 128 Å². The number of aryl methyl sites for hydroxylation is 1. The predicted molar refractivity (Wildman–Crippen MR) is 82.2 cm³/mol. The second-order valence-electron chi connectivity index (χ2n) is 4.47. The summed E-state index contributed by atoms with van der Waals surface area (Å²) in [5.41, 5.74) is 7.17. The predicted octanol–water partition coefficient (Wildman–Crippen LogP) is 2.24. The molecular formula is C13H16ClN3O3S. The molecule has 1 aromatic heterocycles. The van der Waals surface area contributed by atoms with Crippen LogP contribution in [0.1, 0.15) is 11.3 Å². The lowest BCUT2D eigenvalue weighted by Crippen LogP contribution is -2.13. The van der Waals surface area contributed by atoms with Crippen LogP contribution in [0.2, 0.25) is 5.02 Å². The molecule has 0 radical (unpaired) electrons. The molecule has 0 saturated carbocycles. The van der Waals surface area contributed by atoms with E-state index in [2.05, 4.69) is 9.71 Å². The number of H-pyrrole nitrogens is 1. The van der Waals surface area contributed by atoms with E-state index in [1.165, 1.54) is 19.4 Å². The summed E-state index contributed by atoms with van der Waals surface area (Å²) in [6.45, 7) is 2.02. The Hall–Kier alpha value is -1.70. The van der Waals surface area contributed by atoms with Crippen LogP contribution in [0.5, 0.6) is 5.75 Å². The number of halogens is 1. The van der Waals surface area contributed by atoms with Crippen molar-refractivity contribution in [3.05, 3.63) is 40.7 Å². The molecule has 1 aromatic carbocycles. The number of benzene rings is 1. The maximum Gasteiger partial charge on any atom is 0.263 e. The first-order valence-corrected chi connectivity index (χ1v) is 7.98. The zero-order chi connectivity index (χ0) is 15.6. The van der Waals surface area contributed by atoms with E-state index >= 15 is 0 Å². The Morgan fingerprint density at radius 3 is 2.67 bits per heavy atom. The third-order valence-corrected chi connectivity index (χ3v) is 4.72. The van der Waals surface area contributed by atoms with E-state index in [9.17, 15) is 8.42 Å². The highest BCUT2D eigenvalue weighted by molar-refractivity contribution is 7.92. The van der Waals surface area contributed by atoms with E-state index in [1.54, 1.807) is 19.1 Å². The zero-order valence-electron chi connectivity index (χ0n) is 11.6. The largest absolute Gasteiger partial charge is 0.495 e. The van der Waals surface area contributed by atoms with Crippen LogP contribution in [0.4, 0.5) is 5.69 Å². The Morgan fingerprint density at radius 2 is 2.10 bits per heavy atom. The van der Waals surface area contributed by atoms with Crippen molar-refractivity contribution in [1.29, 1.82) is 0 Å². The SMILES string of the molecule is COc1cc(Cl)c(C)cc1NS(=O)(=O)c1c[nH]c(CN)c1. The van der Waals surface area contributed by atoms with Gasteiger partial charge >= 0.3 is 0 Å². The number of hydrogen-bond donors (Lipinski definition) is 3. The number of nitrogens with one attached hydrogen (secondary N) is 2. The maximum atomic E-state index is 12.3. The minimum absolute atomic E-state index is 0.109. The number of aromatic nitrogens is 1. The molecule has 21 heavy (non-hydrogen) atoms. The van der Waals surface area contributed by atoms with Gasteiger partial charge in [-0.25, -0.2) is 8.42 Å². The number of anilines is 1. The van der Waals surface area contributed by atoms with E-state index in [1.807, 2.05) is 0 Å². The molecule has 0 aliphatic heterocycles. The van der Waals surface area contributed by atoms with Crippen LogP contribution < -0.4 is 15.2 Å². The maximum absolute atomic E-state index is 12.3. The Morgan fingerprint density at radius 1 is 1.38 bits per heavy atom. The Kier molecular flexibility index (Phi) is 4.46. The molecule has 1 heterocycles. The lowest BCUT2D eigenvalue weighted by atomic mass is 10.2. The van der Waals surface area contributed by atoms with Gasteiger partial charge in [0, 0.05) is 29.5 Å². The molecule has 0 bridgehead atoms. The van der Waals surface area contributed by atoms with Gasteiger partial charge in [0.15, 0.2) is 0 Å². The van der Waals surface area contributed by atoms with E-state index in [0.717, 1.165) is 5.56 Å². The Bertz CT molecular complexity index is 756. The van der Waals surface area contributed by atoms with Gasteiger partial charge in [-0.3, -0.25) is 4.72 Å². The third kappa shape index (κ3) is 3.31. The summed E-state index contributed by atoms with van der Waals surface area (Å²) in [6, 6.07) is 4.67. The van der Waals surface area contributed by atoms with Gasteiger partial charge in [0.25, 0.3) is 10.0 Å². The summed E-state index contributed by atoms with van der Waals surface area (Å²) in [7, 11) is -2.28. The molecular weight excluding hydrogens is 314 g/mol. The molecule has 2 aromatic rings. The molecule has 4 N–H and O–H groups in total. The number of sulfonamides is 1. The topological polar surface area (TPSA) is 97.2 Å². The minimum Gasteiger partial charge on any atom is -0.495 e. The minimum atomic E-state index is -3.72. The molecule has 0 fully saturated rings. The highest BCUT2D eigenvalue weighted by Crippen LogP contribution is 2.32. The molecule has 8 heteroatoms. The average molecular weight is 330 g/mol. The smallest absolute Gasteiger partial charge is 0.263 e. The van der Waals surface area contributed by atoms with Crippen LogP contribution in [0.3, 0.4) is 0 Å². The fourth-order valence-corrected chi connectivity index (χ4v) is 3.04. The fourth-order valence-electron chi connectivity index (χ4n) is 1.81. The third-order valence-electron chi connectivity index (χ3n) is 2.97. The average Bonchev–Trinajstić information content (AvgIpc) is 2.92. The van der Waals surface area contributed by atoms with Crippen molar-refractivity contribution < 1.29 is 13.2 Å². The Balaban J connectivity index is 2.38. The second kappa shape index (κ2) is 5.97. The number of nitrogens with two attached hydrogens (primary N) is 1. The normalized spacial score (nSPS) is 11.4. The summed E-state index contributed by atoms with van der Waals surface area (Å²) in [5, 5.41) is 0.502. The lowest BCUT2D eigenvalue weighted by Gasteiger charge is -2.12. The van der Waals surface area contributed by atoms with Gasteiger partial charge < -0.3 is 15.5 Å². The number of methoxy groups -OCH3 is 1. The van der Waals surface area contributed by atoms with Crippen LogP contribution in [-0.4, -0.2) is 20.5 Å². The van der Waals surface area contributed by atoms with Crippen LogP contribution in [0.15, 0.2) is 29.3 Å². The van der Waals surface area contributed by atoms with Gasteiger partial charge in [-0.2, -0.15) is 0 Å². The summed E-state index contributed by atoms with van der Waals surface area (Å²) < 4.78 is 32.3. The van der Waals surface area contributed by atoms with Gasteiger partial charge in [-0.05, 0) is 24.6 Å². The standard InChI is InChI=1S/C13H16ClN3O3S/c1-8-3-12(13(20-2)5-11(8)14)17-21(18,19)10-4-9(6-15)16-7-10/h3-5,7,16-17H,6,15H2,1-2H3. The van der Waals surface area contributed by atoms with Gasteiger partial charge in [0.05, 0.1) is 12.8 Å². The molecule has 0 atom stereocenters. The van der Waals surface area contributed by atoms with Gasteiger partial charge in [0.2, 0.25) is 0 Å². The van der Waals surface area contributed by atoms with Crippen molar-refractivity contribution in [3.8, 4) is 5.75 Å². The van der Waals surface area contributed by atoms with Crippen LogP contribution in [0.25, 0.3) is 0 Å². The monoisotopic (exact) mass is 329 g/mol. The van der Waals surface area contributed by atoms with E-state index in [0.29, 0.717) is 22.2 Å². The van der Waals surface area contributed by atoms with E-state index < -0.39 is 10.0 Å². The number of rotatable bonds is 5. The van der Waals surface area contributed by atoms with Crippen molar-refractivity contribution in [2.75, 3.05) is 11.8 Å². The van der Waals surface area contributed by atoms with Gasteiger partial charge in [0.1, 0.15) is 10.6 Å². The first-order valence-electron chi connectivity index (χ1n) is 6.11. The first-order chi connectivity index (χ1) is 9.87. The zero-order valence-corrected chi connectivity index (χ0v) is 13.2. The van der Waals surface area contributed by atoms with Crippen LogP contribution >= 0.6 is 11.6 Å². The molecule has 0 spiro atoms. The fraction of sp³-hybridized carbons (Fsp3) is 0.231. The van der Waals surface area contributed by atoms with Crippen LogP contribution in [-0.2, 0) is 16.6 Å². The number of hydrogen-bond acceptors (Lipinski definition) is 4. The highest BCUT2D eigenvalue weighted by Gasteiger charge is 2.19. The van der Waals surface area contributed by atoms with E-state index in [4.69, 9.17) is 22.1 Å². The molecule has 0 saturated heterocycles. The lowest BCUT2D eigenvalue weighted by molar-refractivity contribution is 0.417. The second-order valence-corrected chi connectivity index (χ2v) is 6.56. The molecule has 0 aliphatic rings. The molecule has 0 amide bonds. The first kappa shape index (κ1) is 15.7. The molecule has 6 nitrogen and oxygen atoms in total. The van der Waals surface area contributed by atoms with Crippen molar-refractivity contribution in [1.82, 2.24) is 4.98 Å². The molecule has 0 unspecified atom stereocenters. The quantitative estimate of drug-likeness (QED) is 0.783. The molecule has 114 valence electrons. The highest BCUT2D eigenvalue weighted by atomic mass is 35.5. The van der Waals surface area contributed by atoms with Crippen LogP contribution in [0, 0.1) is 6.92 Å². The van der Waals surface area contributed by atoms with Crippen molar-refractivity contribution in [3.63, 3.8) is 0 Å². The van der Waals surface area contributed by atoms with Crippen molar-refractivity contribution >= 4 is 27.3 Å². The molecule has 0 aliphatic carbocycles. The summed E-state index contributed by atoms with van der Waals surface area (Å²) in [6.07, 6.45) is 1.39. The van der Waals surface area contributed by atoms with E-state index in [-0.39, 0.29) is 11.4 Å². The van der Waals surface area contributed by atoms with Crippen molar-refractivity contribution in [2.24, 2.45) is 5.73 Å².